The maximum Gasteiger partial charge on any atom is 0.103 e. The first-order chi connectivity index (χ1) is 9.58. The Hall–Kier alpha value is -0.910. The van der Waals surface area contributed by atoms with Crippen LogP contribution in [-0.2, 0) is 19.4 Å². The van der Waals surface area contributed by atoms with Crippen molar-refractivity contribution in [3.8, 4) is 0 Å². The molecular weight excluding hydrogens is 342 g/mol. The molecule has 4 nitrogen and oxygen atoms in total. The van der Waals surface area contributed by atoms with Crippen LogP contribution in [0.4, 0.5) is 0 Å². The molecular formula is C14H17BrClN3O. The molecule has 0 amide bonds. The molecule has 1 atom stereocenters. The second-order valence-electron chi connectivity index (χ2n) is 4.47. The zero-order valence-corrected chi connectivity index (χ0v) is 13.8. The highest BCUT2D eigenvalue weighted by Gasteiger charge is 2.20. The third kappa shape index (κ3) is 3.05. The Morgan fingerprint density at radius 2 is 2.20 bits per heavy atom. The van der Waals surface area contributed by atoms with Crippen molar-refractivity contribution in [1.29, 1.82) is 0 Å². The van der Waals surface area contributed by atoms with Gasteiger partial charge >= 0.3 is 0 Å². The van der Waals surface area contributed by atoms with Gasteiger partial charge in [-0.25, -0.2) is 0 Å². The summed E-state index contributed by atoms with van der Waals surface area (Å²) in [5.74, 6) is 0. The minimum Gasteiger partial charge on any atom is -0.386 e. The fraction of sp³-hybridized carbons (Fsp3) is 0.429. The number of aryl methyl sites for hydroxylation is 2. The first-order valence-electron chi connectivity index (χ1n) is 6.60. The SMILES string of the molecule is CCc1nn(CC)c(CC(O)c2ncccc2Br)c1Cl. The highest BCUT2D eigenvalue weighted by molar-refractivity contribution is 9.10. The molecule has 2 rings (SSSR count). The average Bonchev–Trinajstić information content (AvgIpc) is 2.75. The van der Waals surface area contributed by atoms with Crippen LogP contribution in [0, 0.1) is 0 Å². The summed E-state index contributed by atoms with van der Waals surface area (Å²) in [6, 6.07) is 3.68. The largest absolute Gasteiger partial charge is 0.386 e. The number of rotatable bonds is 5. The number of aliphatic hydroxyl groups is 1. The van der Waals surface area contributed by atoms with Crippen LogP contribution in [0.2, 0.25) is 5.02 Å². The molecule has 6 heteroatoms. The second kappa shape index (κ2) is 6.70. The molecule has 0 saturated heterocycles. The van der Waals surface area contributed by atoms with E-state index in [1.54, 1.807) is 6.20 Å². The Morgan fingerprint density at radius 1 is 1.45 bits per heavy atom. The van der Waals surface area contributed by atoms with Gasteiger partial charge in [-0.1, -0.05) is 18.5 Å². The highest BCUT2D eigenvalue weighted by Crippen LogP contribution is 2.28. The zero-order chi connectivity index (χ0) is 14.7. The smallest absolute Gasteiger partial charge is 0.103 e. The minimum atomic E-state index is -0.713. The van der Waals surface area contributed by atoms with Gasteiger partial charge in [-0.05, 0) is 41.4 Å². The molecule has 2 aromatic heterocycles. The zero-order valence-electron chi connectivity index (χ0n) is 11.5. The molecule has 1 N–H and O–H groups in total. The molecule has 1 unspecified atom stereocenters. The van der Waals surface area contributed by atoms with Gasteiger partial charge in [0.25, 0.3) is 0 Å². The quantitative estimate of drug-likeness (QED) is 0.889. The van der Waals surface area contributed by atoms with E-state index in [2.05, 4.69) is 26.0 Å². The van der Waals surface area contributed by atoms with E-state index in [0.717, 1.165) is 28.8 Å². The summed E-state index contributed by atoms with van der Waals surface area (Å²) in [5, 5.41) is 15.5. The van der Waals surface area contributed by atoms with Crippen LogP contribution in [-0.4, -0.2) is 19.9 Å². The Morgan fingerprint density at radius 3 is 2.80 bits per heavy atom. The number of aliphatic hydroxyl groups excluding tert-OH is 1. The highest BCUT2D eigenvalue weighted by atomic mass is 79.9. The third-order valence-electron chi connectivity index (χ3n) is 3.18. The van der Waals surface area contributed by atoms with Crippen LogP contribution < -0.4 is 0 Å². The molecule has 0 bridgehead atoms. The standard InChI is InChI=1S/C14H17BrClN3O/c1-3-10-13(16)11(19(4-2)18-10)8-12(20)14-9(15)6-5-7-17-14/h5-7,12,20H,3-4,8H2,1-2H3. The Kier molecular flexibility index (Phi) is 5.18. The predicted molar refractivity (Wildman–Crippen MR) is 82.9 cm³/mol. The summed E-state index contributed by atoms with van der Waals surface area (Å²) in [6.45, 7) is 4.75. The molecule has 0 aliphatic rings. The maximum atomic E-state index is 10.4. The minimum absolute atomic E-state index is 0.398. The molecule has 2 heterocycles. The summed E-state index contributed by atoms with van der Waals surface area (Å²) in [6.07, 6.45) is 2.13. The van der Waals surface area contributed by atoms with Crippen molar-refractivity contribution in [2.24, 2.45) is 0 Å². The van der Waals surface area contributed by atoms with Crippen molar-refractivity contribution >= 4 is 27.5 Å². The van der Waals surface area contributed by atoms with Gasteiger partial charge in [0, 0.05) is 23.6 Å². The molecule has 20 heavy (non-hydrogen) atoms. The van der Waals surface area contributed by atoms with Crippen molar-refractivity contribution in [3.63, 3.8) is 0 Å². The van der Waals surface area contributed by atoms with Crippen LogP contribution in [0.3, 0.4) is 0 Å². The lowest BCUT2D eigenvalue weighted by molar-refractivity contribution is 0.170. The summed E-state index contributed by atoms with van der Waals surface area (Å²) in [7, 11) is 0. The van der Waals surface area contributed by atoms with Crippen LogP contribution in [0.15, 0.2) is 22.8 Å². The molecule has 0 aliphatic carbocycles. The van der Waals surface area contributed by atoms with Crippen molar-refractivity contribution in [2.75, 3.05) is 0 Å². The number of hydrogen-bond donors (Lipinski definition) is 1. The van der Waals surface area contributed by atoms with E-state index in [0.29, 0.717) is 17.1 Å². The predicted octanol–water partition coefficient (Wildman–Crippen LogP) is 3.55. The molecule has 2 aromatic rings. The third-order valence-corrected chi connectivity index (χ3v) is 4.29. The molecule has 0 aromatic carbocycles. The summed E-state index contributed by atoms with van der Waals surface area (Å²) in [5.41, 5.74) is 2.34. The van der Waals surface area contributed by atoms with E-state index in [1.165, 1.54) is 0 Å². The number of pyridine rings is 1. The maximum absolute atomic E-state index is 10.4. The number of halogens is 2. The van der Waals surface area contributed by atoms with E-state index in [4.69, 9.17) is 11.6 Å². The van der Waals surface area contributed by atoms with Gasteiger partial charge < -0.3 is 5.11 Å². The normalized spacial score (nSPS) is 12.7. The van der Waals surface area contributed by atoms with E-state index in [9.17, 15) is 5.11 Å². The fourth-order valence-electron chi connectivity index (χ4n) is 2.14. The fourth-order valence-corrected chi connectivity index (χ4v) is 3.00. The molecule has 0 spiro atoms. The topological polar surface area (TPSA) is 50.9 Å². The van der Waals surface area contributed by atoms with Crippen molar-refractivity contribution < 1.29 is 5.11 Å². The van der Waals surface area contributed by atoms with Crippen LogP contribution in [0.25, 0.3) is 0 Å². The van der Waals surface area contributed by atoms with Crippen molar-refractivity contribution in [2.45, 2.75) is 39.3 Å². The van der Waals surface area contributed by atoms with E-state index in [1.807, 2.05) is 30.7 Å². The monoisotopic (exact) mass is 357 g/mol. The van der Waals surface area contributed by atoms with Gasteiger partial charge in [0.05, 0.1) is 22.1 Å². The second-order valence-corrected chi connectivity index (χ2v) is 5.70. The van der Waals surface area contributed by atoms with Gasteiger partial charge in [0.2, 0.25) is 0 Å². The number of aromatic nitrogens is 3. The molecule has 0 saturated carbocycles. The molecule has 0 aliphatic heterocycles. The van der Waals surface area contributed by atoms with Crippen molar-refractivity contribution in [3.05, 3.63) is 44.9 Å². The van der Waals surface area contributed by atoms with Gasteiger partial charge in [0.15, 0.2) is 0 Å². The van der Waals surface area contributed by atoms with E-state index in [-0.39, 0.29) is 0 Å². The number of nitrogens with zero attached hydrogens (tertiary/aromatic N) is 3. The molecule has 0 fully saturated rings. The molecule has 108 valence electrons. The lowest BCUT2D eigenvalue weighted by Gasteiger charge is -2.13. The van der Waals surface area contributed by atoms with Gasteiger partial charge in [-0.3, -0.25) is 9.67 Å². The Balaban J connectivity index is 2.30. The lowest BCUT2D eigenvalue weighted by atomic mass is 10.1. The molecule has 0 radical (unpaired) electrons. The number of hydrogen-bond acceptors (Lipinski definition) is 3. The Bertz CT molecular complexity index is 600. The van der Waals surface area contributed by atoms with Crippen LogP contribution >= 0.6 is 27.5 Å². The van der Waals surface area contributed by atoms with Gasteiger partial charge in [-0.15, -0.1) is 0 Å². The van der Waals surface area contributed by atoms with Gasteiger partial charge in [0.1, 0.15) is 6.10 Å². The van der Waals surface area contributed by atoms with E-state index >= 15 is 0 Å². The van der Waals surface area contributed by atoms with Crippen molar-refractivity contribution in [1.82, 2.24) is 14.8 Å². The summed E-state index contributed by atoms with van der Waals surface area (Å²) < 4.78 is 2.64. The average molecular weight is 359 g/mol. The van der Waals surface area contributed by atoms with Crippen LogP contribution in [0.5, 0.6) is 0 Å². The van der Waals surface area contributed by atoms with Gasteiger partial charge in [-0.2, -0.15) is 5.10 Å². The Labute approximate surface area is 131 Å². The van der Waals surface area contributed by atoms with E-state index < -0.39 is 6.10 Å². The first kappa shape index (κ1) is 15.5. The summed E-state index contributed by atoms with van der Waals surface area (Å²) >= 11 is 9.76. The first-order valence-corrected chi connectivity index (χ1v) is 7.78. The van der Waals surface area contributed by atoms with Crippen LogP contribution in [0.1, 0.15) is 37.0 Å². The lowest BCUT2D eigenvalue weighted by Crippen LogP contribution is -2.10. The summed E-state index contributed by atoms with van der Waals surface area (Å²) in [4.78, 5) is 4.22.